The Morgan fingerprint density at radius 2 is 1.75 bits per heavy atom. The van der Waals surface area contributed by atoms with Crippen molar-refractivity contribution in [3.8, 4) is 0 Å². The fraction of sp³-hybridized carbons (Fsp3) is 0.222. The third-order valence-electron chi connectivity index (χ3n) is 4.04. The lowest BCUT2D eigenvalue weighted by Crippen LogP contribution is -2.53. The fourth-order valence-electron chi connectivity index (χ4n) is 2.71. The topological polar surface area (TPSA) is 155 Å². The van der Waals surface area contributed by atoms with Crippen molar-refractivity contribution in [2.24, 2.45) is 10.8 Å². The summed E-state index contributed by atoms with van der Waals surface area (Å²) in [7, 11) is -4.24. The van der Waals surface area contributed by atoms with Crippen LogP contribution in [-0.4, -0.2) is 38.1 Å². The zero-order valence-corrected chi connectivity index (χ0v) is 15.8. The van der Waals surface area contributed by atoms with Gasteiger partial charge in [-0.3, -0.25) is 4.79 Å². The number of hydrogen-bond donors (Lipinski definition) is 2. The summed E-state index contributed by atoms with van der Waals surface area (Å²) in [5.41, 5.74) is 14.7. The van der Waals surface area contributed by atoms with Crippen molar-refractivity contribution in [3.05, 3.63) is 76.2 Å². The Hall–Kier alpha value is -3.36. The van der Waals surface area contributed by atoms with Gasteiger partial charge < -0.3 is 11.1 Å². The van der Waals surface area contributed by atoms with E-state index in [-0.39, 0.29) is 10.5 Å². The number of urea groups is 1. The Bertz CT molecular complexity index is 996. The van der Waals surface area contributed by atoms with Crippen LogP contribution in [0, 0.1) is 6.92 Å². The molecule has 2 rings (SSSR count). The van der Waals surface area contributed by atoms with E-state index in [9.17, 15) is 18.0 Å². The summed E-state index contributed by atoms with van der Waals surface area (Å²) in [5, 5.41) is 3.84. The van der Waals surface area contributed by atoms with E-state index in [4.69, 9.17) is 11.3 Å². The number of ketones is 1. The molecule has 0 radical (unpaired) electrons. The predicted molar refractivity (Wildman–Crippen MR) is 103 cm³/mol. The first kappa shape index (κ1) is 20.9. The van der Waals surface area contributed by atoms with E-state index >= 15 is 0 Å². The number of amides is 2. The van der Waals surface area contributed by atoms with Gasteiger partial charge in [0.15, 0.2) is 15.6 Å². The number of nitrogens with zero attached hydrogens (tertiary/aromatic N) is 3. The lowest BCUT2D eigenvalue weighted by atomic mass is 10.0. The molecule has 2 atom stereocenters. The highest BCUT2D eigenvalue weighted by Crippen LogP contribution is 2.23. The Morgan fingerprint density at radius 3 is 2.29 bits per heavy atom. The molecule has 0 saturated heterocycles. The molecular weight excluding hydrogens is 382 g/mol. The number of carbonyl (C=O) groups excluding carboxylic acids is 2. The van der Waals surface area contributed by atoms with Crippen molar-refractivity contribution >= 4 is 21.7 Å². The van der Waals surface area contributed by atoms with Gasteiger partial charge in [0, 0.05) is 17.0 Å². The number of Topliss-reactive ketones (excluding diaryl/α,β-unsaturated/α-hetero) is 1. The summed E-state index contributed by atoms with van der Waals surface area (Å²) in [6.45, 7) is 1.33. The van der Waals surface area contributed by atoms with Crippen molar-refractivity contribution in [2.45, 2.75) is 23.1 Å². The first-order chi connectivity index (χ1) is 13.3. The van der Waals surface area contributed by atoms with Crippen molar-refractivity contribution < 1.29 is 18.0 Å². The smallest absolute Gasteiger partial charge is 0.312 e. The molecule has 0 aliphatic rings. The van der Waals surface area contributed by atoms with Gasteiger partial charge in [-0.25, -0.2) is 13.2 Å². The fourth-order valence-corrected chi connectivity index (χ4v) is 4.52. The zero-order valence-electron chi connectivity index (χ0n) is 15.0. The molecule has 2 unspecified atom stereocenters. The number of benzene rings is 2. The Balaban J connectivity index is 2.62. The van der Waals surface area contributed by atoms with Gasteiger partial charge in [-0.15, -0.1) is 0 Å². The summed E-state index contributed by atoms with van der Waals surface area (Å²) in [6.07, 6.45) is 0. The van der Waals surface area contributed by atoms with Crippen LogP contribution in [0.5, 0.6) is 0 Å². The number of sulfone groups is 1. The van der Waals surface area contributed by atoms with Gasteiger partial charge in [0.2, 0.25) is 0 Å². The van der Waals surface area contributed by atoms with Crippen molar-refractivity contribution in [3.63, 3.8) is 0 Å². The number of nitrogens with two attached hydrogens (primary N) is 1. The van der Waals surface area contributed by atoms with Gasteiger partial charge in [-0.05, 0) is 24.6 Å². The molecule has 0 fully saturated rings. The molecule has 146 valence electrons. The van der Waals surface area contributed by atoms with E-state index < -0.39 is 39.5 Å². The molecule has 0 aliphatic heterocycles. The number of azide groups is 1. The monoisotopic (exact) mass is 401 g/mol. The van der Waals surface area contributed by atoms with Crippen LogP contribution in [0.15, 0.2) is 64.6 Å². The van der Waals surface area contributed by atoms with Crippen LogP contribution in [-0.2, 0) is 9.84 Å². The number of hydrogen-bond acceptors (Lipinski definition) is 5. The van der Waals surface area contributed by atoms with Gasteiger partial charge in [-0.2, -0.15) is 0 Å². The summed E-state index contributed by atoms with van der Waals surface area (Å²) in [4.78, 5) is 27.0. The summed E-state index contributed by atoms with van der Waals surface area (Å²) >= 11 is 0. The second-order valence-corrected chi connectivity index (χ2v) is 8.11. The quantitative estimate of drug-likeness (QED) is 0.301. The third-order valence-corrected chi connectivity index (χ3v) is 6.18. The molecule has 2 aromatic carbocycles. The van der Waals surface area contributed by atoms with E-state index in [2.05, 4.69) is 15.3 Å². The number of aryl methyl sites for hydroxylation is 1. The standard InChI is InChI=1S/C18H19N5O4S/c1-12-7-9-14(10-8-12)28(26,27)17(15(11-21-23-20)22-18(19)25)16(24)13-5-3-2-4-6-13/h2-10,15,17H,11H2,1H3,(H3,19,22,25). The SMILES string of the molecule is Cc1ccc(S(=O)(=O)C(C(=O)c2ccccc2)C(CN=[N+]=[N-])NC(N)=O)cc1. The van der Waals surface area contributed by atoms with E-state index in [1.165, 1.54) is 24.3 Å². The Labute approximate surface area is 162 Å². The largest absolute Gasteiger partial charge is 0.352 e. The molecule has 2 aromatic rings. The average Bonchev–Trinajstić information content (AvgIpc) is 2.66. The van der Waals surface area contributed by atoms with Crippen molar-refractivity contribution in [1.29, 1.82) is 0 Å². The lowest BCUT2D eigenvalue weighted by Gasteiger charge is -2.25. The molecule has 10 heteroatoms. The molecule has 0 bridgehead atoms. The highest BCUT2D eigenvalue weighted by atomic mass is 32.2. The normalized spacial score (nSPS) is 13.0. The van der Waals surface area contributed by atoms with Gasteiger partial charge in [0.25, 0.3) is 0 Å². The second-order valence-electron chi connectivity index (χ2n) is 6.04. The molecule has 2 amide bonds. The van der Waals surface area contributed by atoms with E-state index in [0.29, 0.717) is 0 Å². The minimum Gasteiger partial charge on any atom is -0.352 e. The molecule has 0 aromatic heterocycles. The van der Waals surface area contributed by atoms with Crippen LogP contribution < -0.4 is 11.1 Å². The van der Waals surface area contributed by atoms with Gasteiger partial charge >= 0.3 is 6.03 Å². The highest BCUT2D eigenvalue weighted by Gasteiger charge is 2.41. The predicted octanol–water partition coefficient (Wildman–Crippen LogP) is 2.37. The maximum atomic E-state index is 13.3. The molecule has 28 heavy (non-hydrogen) atoms. The molecule has 0 heterocycles. The van der Waals surface area contributed by atoms with Crippen LogP contribution >= 0.6 is 0 Å². The molecule has 0 spiro atoms. The minimum atomic E-state index is -4.24. The zero-order chi connectivity index (χ0) is 20.7. The summed E-state index contributed by atoms with van der Waals surface area (Å²) < 4.78 is 26.6. The minimum absolute atomic E-state index is 0.0930. The first-order valence-corrected chi connectivity index (χ1v) is 9.78. The number of primary amides is 1. The van der Waals surface area contributed by atoms with Crippen molar-refractivity contribution in [2.75, 3.05) is 6.54 Å². The maximum absolute atomic E-state index is 13.3. The molecule has 0 aliphatic carbocycles. The van der Waals surface area contributed by atoms with E-state index in [1.807, 2.05) is 0 Å². The Kier molecular flexibility index (Phi) is 6.75. The molecule has 0 saturated carbocycles. The van der Waals surface area contributed by atoms with Gasteiger partial charge in [-0.1, -0.05) is 53.1 Å². The number of rotatable bonds is 8. The van der Waals surface area contributed by atoms with Crippen LogP contribution in [0.1, 0.15) is 15.9 Å². The van der Waals surface area contributed by atoms with Crippen LogP contribution in [0.3, 0.4) is 0 Å². The maximum Gasteiger partial charge on any atom is 0.312 e. The Morgan fingerprint density at radius 1 is 1.14 bits per heavy atom. The van der Waals surface area contributed by atoms with Gasteiger partial charge in [0.1, 0.15) is 5.25 Å². The van der Waals surface area contributed by atoms with Crippen molar-refractivity contribution in [1.82, 2.24) is 5.32 Å². The molecular formula is C18H19N5O4S. The lowest BCUT2D eigenvalue weighted by molar-refractivity contribution is 0.0976. The number of nitrogens with one attached hydrogen (secondary N) is 1. The van der Waals surface area contributed by atoms with Gasteiger partial charge in [0.05, 0.1) is 10.9 Å². The molecule has 3 N–H and O–H groups in total. The average molecular weight is 401 g/mol. The van der Waals surface area contributed by atoms with Crippen LogP contribution in [0.2, 0.25) is 0 Å². The molecule has 9 nitrogen and oxygen atoms in total. The number of carbonyl (C=O) groups is 2. The summed E-state index contributed by atoms with van der Waals surface area (Å²) in [6, 6.07) is 11.4. The summed E-state index contributed by atoms with van der Waals surface area (Å²) in [5.74, 6) is -0.743. The highest BCUT2D eigenvalue weighted by molar-refractivity contribution is 7.93. The van der Waals surface area contributed by atoms with Crippen LogP contribution in [0.4, 0.5) is 4.79 Å². The third kappa shape index (κ3) is 4.87. The van der Waals surface area contributed by atoms with E-state index in [1.54, 1.807) is 37.3 Å². The van der Waals surface area contributed by atoms with Crippen LogP contribution in [0.25, 0.3) is 10.4 Å². The second kappa shape index (κ2) is 9.03. The first-order valence-electron chi connectivity index (χ1n) is 8.24. The van der Waals surface area contributed by atoms with E-state index in [0.717, 1.165) is 5.56 Å².